The SMILES string of the molecule is COCCN1C(=O)N=C(N)C1(C)Cc1ccc(OC)cc1. The third-order valence-electron chi connectivity index (χ3n) is 3.82. The first-order chi connectivity index (χ1) is 10.0. The molecule has 1 aromatic rings. The van der Waals surface area contributed by atoms with Gasteiger partial charge in [-0.15, -0.1) is 0 Å². The van der Waals surface area contributed by atoms with E-state index in [0.29, 0.717) is 25.4 Å². The van der Waals surface area contributed by atoms with E-state index in [2.05, 4.69) is 4.99 Å². The summed E-state index contributed by atoms with van der Waals surface area (Å²) in [4.78, 5) is 17.6. The molecule has 0 saturated carbocycles. The molecular weight excluding hydrogens is 270 g/mol. The maximum Gasteiger partial charge on any atom is 0.346 e. The second-order valence-electron chi connectivity index (χ2n) is 5.22. The molecular formula is C15H21N3O3. The van der Waals surface area contributed by atoms with E-state index >= 15 is 0 Å². The maximum atomic E-state index is 12.0. The van der Waals surface area contributed by atoms with Crippen LogP contribution in [-0.4, -0.2) is 49.7 Å². The van der Waals surface area contributed by atoms with E-state index in [4.69, 9.17) is 15.2 Å². The fourth-order valence-corrected chi connectivity index (χ4v) is 2.49. The van der Waals surface area contributed by atoms with Gasteiger partial charge in [-0.05, 0) is 24.6 Å². The Morgan fingerprint density at radius 2 is 1.95 bits per heavy atom. The summed E-state index contributed by atoms with van der Waals surface area (Å²) in [5.41, 5.74) is 6.43. The maximum absolute atomic E-state index is 12.0. The van der Waals surface area contributed by atoms with Gasteiger partial charge >= 0.3 is 6.03 Å². The van der Waals surface area contributed by atoms with Crippen LogP contribution >= 0.6 is 0 Å². The van der Waals surface area contributed by atoms with Crippen molar-refractivity contribution >= 4 is 11.9 Å². The predicted octanol–water partition coefficient (Wildman–Crippen LogP) is 1.44. The minimum atomic E-state index is -0.621. The molecule has 0 aromatic heterocycles. The molecule has 1 aromatic carbocycles. The monoisotopic (exact) mass is 291 g/mol. The summed E-state index contributed by atoms with van der Waals surface area (Å²) >= 11 is 0. The first-order valence-electron chi connectivity index (χ1n) is 6.79. The molecule has 1 atom stereocenters. The number of urea groups is 1. The average molecular weight is 291 g/mol. The molecule has 1 heterocycles. The van der Waals surface area contributed by atoms with Gasteiger partial charge in [-0.25, -0.2) is 4.79 Å². The summed E-state index contributed by atoms with van der Waals surface area (Å²) in [7, 11) is 3.23. The van der Waals surface area contributed by atoms with Gasteiger partial charge in [0.25, 0.3) is 0 Å². The number of nitrogens with zero attached hydrogens (tertiary/aromatic N) is 2. The van der Waals surface area contributed by atoms with E-state index in [0.717, 1.165) is 11.3 Å². The van der Waals surface area contributed by atoms with Crippen LogP contribution in [0.5, 0.6) is 5.75 Å². The topological polar surface area (TPSA) is 77.2 Å². The molecule has 0 fully saturated rings. The van der Waals surface area contributed by atoms with E-state index in [1.807, 2.05) is 31.2 Å². The van der Waals surface area contributed by atoms with Crippen LogP contribution in [0.25, 0.3) is 0 Å². The van der Waals surface area contributed by atoms with E-state index in [1.165, 1.54) is 0 Å². The van der Waals surface area contributed by atoms with Gasteiger partial charge in [0.05, 0.1) is 13.7 Å². The second kappa shape index (κ2) is 6.13. The summed E-state index contributed by atoms with van der Waals surface area (Å²) in [6.45, 7) is 2.84. The Morgan fingerprint density at radius 3 is 2.52 bits per heavy atom. The molecule has 1 aliphatic rings. The minimum Gasteiger partial charge on any atom is -0.497 e. The number of benzene rings is 1. The molecule has 2 amide bonds. The number of amidine groups is 1. The Kier molecular flexibility index (Phi) is 4.47. The van der Waals surface area contributed by atoms with E-state index in [9.17, 15) is 4.79 Å². The number of amides is 2. The second-order valence-corrected chi connectivity index (χ2v) is 5.22. The highest BCUT2D eigenvalue weighted by Crippen LogP contribution is 2.27. The number of carbonyl (C=O) groups excluding carboxylic acids is 1. The van der Waals surface area contributed by atoms with Gasteiger partial charge in [-0.1, -0.05) is 12.1 Å². The Hall–Kier alpha value is -2.08. The van der Waals surface area contributed by atoms with Crippen LogP contribution < -0.4 is 10.5 Å². The molecule has 1 unspecified atom stereocenters. The molecule has 0 saturated heterocycles. The zero-order chi connectivity index (χ0) is 15.5. The Labute approximate surface area is 124 Å². The standard InChI is InChI=1S/C15H21N3O3/c1-15(10-11-4-6-12(21-3)7-5-11)13(16)17-14(19)18(15)8-9-20-2/h4-7H,8-10H2,1-3H3,(H2,16,17,19). The van der Waals surface area contributed by atoms with Crippen molar-refractivity contribution in [2.75, 3.05) is 27.4 Å². The Bertz CT molecular complexity index is 542. The number of nitrogens with two attached hydrogens (primary N) is 1. The van der Waals surface area contributed by atoms with Crippen molar-refractivity contribution in [2.45, 2.75) is 18.9 Å². The number of rotatable bonds is 6. The normalized spacial score (nSPS) is 21.6. The van der Waals surface area contributed by atoms with Crippen LogP contribution in [0.15, 0.2) is 29.3 Å². The molecule has 6 nitrogen and oxygen atoms in total. The highest BCUT2D eigenvalue weighted by atomic mass is 16.5. The van der Waals surface area contributed by atoms with E-state index < -0.39 is 5.54 Å². The molecule has 2 N–H and O–H groups in total. The molecule has 1 aliphatic heterocycles. The number of aliphatic imine (C=N–C) groups is 1. The van der Waals surface area contributed by atoms with E-state index in [1.54, 1.807) is 19.1 Å². The van der Waals surface area contributed by atoms with Crippen LogP contribution in [-0.2, 0) is 11.2 Å². The van der Waals surface area contributed by atoms with Crippen molar-refractivity contribution < 1.29 is 14.3 Å². The Morgan fingerprint density at radius 1 is 1.29 bits per heavy atom. The van der Waals surface area contributed by atoms with Crippen LogP contribution in [0.4, 0.5) is 4.79 Å². The van der Waals surface area contributed by atoms with Gasteiger partial charge in [0, 0.05) is 20.1 Å². The molecule has 21 heavy (non-hydrogen) atoms. The van der Waals surface area contributed by atoms with Gasteiger partial charge in [0.1, 0.15) is 17.1 Å². The fourth-order valence-electron chi connectivity index (χ4n) is 2.49. The zero-order valence-electron chi connectivity index (χ0n) is 12.6. The van der Waals surface area contributed by atoms with Crippen LogP contribution in [0, 0.1) is 0 Å². The number of carbonyl (C=O) groups is 1. The summed E-state index contributed by atoms with van der Waals surface area (Å²) in [5.74, 6) is 1.14. The van der Waals surface area contributed by atoms with Crippen LogP contribution in [0.2, 0.25) is 0 Å². The van der Waals surface area contributed by atoms with Crippen molar-refractivity contribution in [2.24, 2.45) is 10.7 Å². The molecule has 0 aliphatic carbocycles. The Balaban J connectivity index is 2.20. The lowest BCUT2D eigenvalue weighted by Gasteiger charge is -2.34. The lowest BCUT2D eigenvalue weighted by Crippen LogP contribution is -2.54. The quantitative estimate of drug-likeness (QED) is 0.860. The first kappa shape index (κ1) is 15.3. The summed E-state index contributed by atoms with van der Waals surface area (Å²) < 4.78 is 10.2. The van der Waals surface area contributed by atoms with Crippen LogP contribution in [0.3, 0.4) is 0 Å². The van der Waals surface area contributed by atoms with Gasteiger partial charge in [-0.3, -0.25) is 0 Å². The van der Waals surface area contributed by atoms with Crippen molar-refractivity contribution in [1.82, 2.24) is 4.90 Å². The van der Waals surface area contributed by atoms with Crippen LogP contribution in [0.1, 0.15) is 12.5 Å². The molecule has 0 radical (unpaired) electrons. The summed E-state index contributed by atoms with van der Waals surface area (Å²) in [6.07, 6.45) is 0.599. The van der Waals surface area contributed by atoms with Gasteiger partial charge in [-0.2, -0.15) is 4.99 Å². The summed E-state index contributed by atoms with van der Waals surface area (Å²) in [6, 6.07) is 7.41. The smallest absolute Gasteiger partial charge is 0.346 e. The lowest BCUT2D eigenvalue weighted by molar-refractivity contribution is 0.128. The molecule has 0 spiro atoms. The summed E-state index contributed by atoms with van der Waals surface area (Å²) in [5, 5.41) is 0. The van der Waals surface area contributed by atoms with Gasteiger partial charge < -0.3 is 20.1 Å². The minimum absolute atomic E-state index is 0.305. The number of ether oxygens (including phenoxy) is 2. The van der Waals surface area contributed by atoms with Gasteiger partial charge in [0.2, 0.25) is 0 Å². The third kappa shape index (κ3) is 3.00. The average Bonchev–Trinajstić information content (AvgIpc) is 2.68. The number of methoxy groups -OCH3 is 2. The molecule has 114 valence electrons. The molecule has 2 rings (SSSR count). The predicted molar refractivity (Wildman–Crippen MR) is 80.7 cm³/mol. The van der Waals surface area contributed by atoms with Crippen molar-refractivity contribution in [3.63, 3.8) is 0 Å². The first-order valence-corrected chi connectivity index (χ1v) is 6.79. The largest absolute Gasteiger partial charge is 0.497 e. The van der Waals surface area contributed by atoms with Gasteiger partial charge in [0.15, 0.2) is 0 Å². The number of hydrogen-bond acceptors (Lipinski definition) is 4. The van der Waals surface area contributed by atoms with Crippen molar-refractivity contribution in [1.29, 1.82) is 0 Å². The van der Waals surface area contributed by atoms with Crippen molar-refractivity contribution in [3.05, 3.63) is 29.8 Å². The lowest BCUT2D eigenvalue weighted by atomic mass is 9.90. The van der Waals surface area contributed by atoms with E-state index in [-0.39, 0.29) is 6.03 Å². The highest BCUT2D eigenvalue weighted by molar-refractivity contribution is 6.05. The fraction of sp³-hybridized carbons (Fsp3) is 0.467. The zero-order valence-corrected chi connectivity index (χ0v) is 12.6. The highest BCUT2D eigenvalue weighted by Gasteiger charge is 2.44. The molecule has 0 bridgehead atoms. The third-order valence-corrected chi connectivity index (χ3v) is 3.82. The van der Waals surface area contributed by atoms with Crippen molar-refractivity contribution in [3.8, 4) is 5.75 Å². The number of hydrogen-bond donors (Lipinski definition) is 1. The molecule has 6 heteroatoms.